The maximum absolute atomic E-state index is 13.9. The summed E-state index contributed by atoms with van der Waals surface area (Å²) in [5.41, 5.74) is 2.79. The molecule has 0 unspecified atom stereocenters. The molecule has 1 atom stereocenters. The normalized spacial score (nSPS) is 14.5. The second-order valence-corrected chi connectivity index (χ2v) is 11.6. The van der Waals surface area contributed by atoms with Crippen molar-refractivity contribution < 1.29 is 14.3 Å². The number of rotatable bonds is 11. The molecule has 0 aliphatic heterocycles. The number of benzene rings is 3. The Bertz CT molecular complexity index is 1280. The number of hydrogen-bond donors (Lipinski definition) is 1. The zero-order chi connectivity index (χ0) is 28.5. The lowest BCUT2D eigenvalue weighted by atomic mass is 9.94. The molecule has 3 aromatic carbocycles. The van der Waals surface area contributed by atoms with Gasteiger partial charge in [-0.1, -0.05) is 111 Å². The van der Waals surface area contributed by atoms with Crippen LogP contribution in [-0.2, 0) is 22.6 Å². The molecule has 1 saturated carbocycles. The lowest BCUT2D eigenvalue weighted by Gasteiger charge is -2.33. The molecule has 5 nitrogen and oxygen atoms in total. The minimum absolute atomic E-state index is 0.121. The van der Waals surface area contributed by atoms with Gasteiger partial charge >= 0.3 is 0 Å². The molecule has 0 saturated heterocycles. The molecule has 3 aromatic rings. The highest BCUT2D eigenvalue weighted by Gasteiger charge is 2.32. The zero-order valence-corrected chi connectivity index (χ0v) is 24.8. The number of halogens is 2. The summed E-state index contributed by atoms with van der Waals surface area (Å²) in [6.07, 6.45) is 5.69. The van der Waals surface area contributed by atoms with Crippen molar-refractivity contribution in [3.05, 3.63) is 99.5 Å². The monoisotopic (exact) mass is 580 g/mol. The maximum atomic E-state index is 13.9. The molecule has 1 aliphatic carbocycles. The lowest BCUT2D eigenvalue weighted by molar-refractivity contribution is -0.143. The highest BCUT2D eigenvalue weighted by atomic mass is 35.5. The van der Waals surface area contributed by atoms with E-state index in [1.807, 2.05) is 60.7 Å². The van der Waals surface area contributed by atoms with Crippen LogP contribution in [0.1, 0.15) is 68.6 Å². The van der Waals surface area contributed by atoms with Gasteiger partial charge in [-0.3, -0.25) is 9.59 Å². The first-order valence-electron chi connectivity index (χ1n) is 14.1. The van der Waals surface area contributed by atoms with Crippen LogP contribution in [0.25, 0.3) is 0 Å². The fourth-order valence-corrected chi connectivity index (χ4v) is 5.56. The van der Waals surface area contributed by atoms with Crippen molar-refractivity contribution in [1.29, 1.82) is 0 Å². The van der Waals surface area contributed by atoms with E-state index in [-0.39, 0.29) is 36.9 Å². The van der Waals surface area contributed by atoms with Crippen LogP contribution in [0.4, 0.5) is 0 Å². The van der Waals surface area contributed by atoms with Crippen LogP contribution in [-0.4, -0.2) is 35.4 Å². The number of nitrogens with one attached hydrogen (secondary N) is 1. The third-order valence-corrected chi connectivity index (χ3v) is 8.19. The molecule has 7 heteroatoms. The maximum Gasteiger partial charge on any atom is 0.261 e. The van der Waals surface area contributed by atoms with Gasteiger partial charge in [-0.05, 0) is 53.6 Å². The quantitative estimate of drug-likeness (QED) is 0.254. The van der Waals surface area contributed by atoms with E-state index in [1.54, 1.807) is 17.0 Å². The number of hydrogen-bond acceptors (Lipinski definition) is 3. The van der Waals surface area contributed by atoms with Gasteiger partial charge in [-0.15, -0.1) is 0 Å². The topological polar surface area (TPSA) is 58.6 Å². The van der Waals surface area contributed by atoms with Crippen molar-refractivity contribution in [3.63, 3.8) is 0 Å². The molecule has 212 valence electrons. The van der Waals surface area contributed by atoms with Gasteiger partial charge in [0.25, 0.3) is 5.91 Å². The van der Waals surface area contributed by atoms with Crippen LogP contribution >= 0.6 is 23.2 Å². The standard InChI is InChI=1S/C33H38Cl2N2O3/c1-23(2)27-15-9-10-16-31(27)40-22-32(38)37(21-25-17-18-28(34)29(35)19-25)30(20-24-11-5-3-6-12-24)33(39)36-26-13-7-4-8-14-26/h3,5-6,9-12,15-19,23,26,30H,4,7-8,13-14,20-22H2,1-2H3,(H,36,39)/t30-/m0/s1. The number of nitrogens with zero attached hydrogens (tertiary/aromatic N) is 1. The lowest BCUT2D eigenvalue weighted by Crippen LogP contribution is -2.53. The summed E-state index contributed by atoms with van der Waals surface area (Å²) in [5.74, 6) is 0.494. The van der Waals surface area contributed by atoms with E-state index in [0.29, 0.717) is 22.2 Å². The summed E-state index contributed by atoms with van der Waals surface area (Å²) in [4.78, 5) is 29.5. The fraction of sp³-hybridized carbons (Fsp3) is 0.394. The molecule has 1 fully saturated rings. The Morgan fingerprint density at radius 1 is 0.900 bits per heavy atom. The Hall–Kier alpha value is -3.02. The highest BCUT2D eigenvalue weighted by Crippen LogP contribution is 2.27. The second kappa shape index (κ2) is 14.6. The third-order valence-electron chi connectivity index (χ3n) is 7.45. The van der Waals surface area contributed by atoms with Gasteiger partial charge < -0.3 is 15.0 Å². The molecule has 1 aliphatic rings. The Morgan fingerprint density at radius 2 is 1.60 bits per heavy atom. The predicted octanol–water partition coefficient (Wildman–Crippen LogP) is 7.58. The van der Waals surface area contributed by atoms with Crippen LogP contribution in [0.15, 0.2) is 72.8 Å². The van der Waals surface area contributed by atoms with Crippen LogP contribution in [0.3, 0.4) is 0 Å². The van der Waals surface area contributed by atoms with Crippen molar-refractivity contribution in [2.45, 2.75) is 76.9 Å². The molecule has 0 bridgehead atoms. The number of amides is 2. The van der Waals surface area contributed by atoms with Crippen LogP contribution < -0.4 is 10.1 Å². The largest absolute Gasteiger partial charge is 0.483 e. The summed E-state index contributed by atoms with van der Waals surface area (Å²) >= 11 is 12.5. The van der Waals surface area contributed by atoms with E-state index in [0.717, 1.165) is 42.4 Å². The fourth-order valence-electron chi connectivity index (χ4n) is 5.24. The number of carbonyl (C=O) groups is 2. The summed E-state index contributed by atoms with van der Waals surface area (Å²) in [5, 5.41) is 4.10. The summed E-state index contributed by atoms with van der Waals surface area (Å²) in [6.45, 7) is 4.19. The summed E-state index contributed by atoms with van der Waals surface area (Å²) < 4.78 is 6.08. The van der Waals surface area contributed by atoms with Crippen molar-refractivity contribution in [3.8, 4) is 5.75 Å². The van der Waals surface area contributed by atoms with Gasteiger partial charge in [-0.25, -0.2) is 0 Å². The van der Waals surface area contributed by atoms with Gasteiger partial charge in [0, 0.05) is 19.0 Å². The first-order chi connectivity index (χ1) is 19.3. The van der Waals surface area contributed by atoms with E-state index in [2.05, 4.69) is 19.2 Å². The van der Waals surface area contributed by atoms with Crippen LogP contribution in [0.5, 0.6) is 5.75 Å². The van der Waals surface area contributed by atoms with Crippen molar-refractivity contribution in [1.82, 2.24) is 10.2 Å². The minimum atomic E-state index is -0.727. The smallest absolute Gasteiger partial charge is 0.261 e. The SMILES string of the molecule is CC(C)c1ccccc1OCC(=O)N(Cc1ccc(Cl)c(Cl)c1)[C@@H](Cc1ccccc1)C(=O)NC1CCCCC1. The number of para-hydroxylation sites is 1. The molecule has 1 N–H and O–H groups in total. The van der Waals surface area contributed by atoms with Crippen molar-refractivity contribution >= 4 is 35.0 Å². The molecule has 0 aromatic heterocycles. The Labute approximate surface area is 247 Å². The third kappa shape index (κ3) is 8.25. The van der Waals surface area contributed by atoms with E-state index >= 15 is 0 Å². The molecule has 4 rings (SSSR count). The van der Waals surface area contributed by atoms with Gasteiger partial charge in [0.15, 0.2) is 6.61 Å². The first kappa shape index (κ1) is 30.0. The molecule has 0 spiro atoms. The molecule has 0 heterocycles. The number of ether oxygens (including phenoxy) is 1. The second-order valence-electron chi connectivity index (χ2n) is 10.8. The van der Waals surface area contributed by atoms with E-state index in [4.69, 9.17) is 27.9 Å². The molecular weight excluding hydrogens is 543 g/mol. The van der Waals surface area contributed by atoms with Gasteiger partial charge in [0.2, 0.25) is 5.91 Å². The Balaban J connectivity index is 1.64. The molecule has 0 radical (unpaired) electrons. The van der Waals surface area contributed by atoms with Gasteiger partial charge in [-0.2, -0.15) is 0 Å². The van der Waals surface area contributed by atoms with Crippen molar-refractivity contribution in [2.24, 2.45) is 0 Å². The number of carbonyl (C=O) groups excluding carboxylic acids is 2. The summed E-state index contributed by atoms with van der Waals surface area (Å²) in [7, 11) is 0. The highest BCUT2D eigenvalue weighted by molar-refractivity contribution is 6.42. The van der Waals surface area contributed by atoms with Gasteiger partial charge in [0.1, 0.15) is 11.8 Å². The van der Waals surface area contributed by atoms with E-state index < -0.39 is 6.04 Å². The zero-order valence-electron chi connectivity index (χ0n) is 23.2. The van der Waals surface area contributed by atoms with Crippen LogP contribution in [0.2, 0.25) is 10.0 Å². The van der Waals surface area contributed by atoms with Gasteiger partial charge in [0.05, 0.1) is 10.0 Å². The Kier molecular flexibility index (Phi) is 10.9. The van der Waals surface area contributed by atoms with Crippen molar-refractivity contribution in [2.75, 3.05) is 6.61 Å². The molecule has 2 amide bonds. The average Bonchev–Trinajstić information content (AvgIpc) is 2.96. The Morgan fingerprint density at radius 3 is 2.30 bits per heavy atom. The first-order valence-corrected chi connectivity index (χ1v) is 14.9. The van der Waals surface area contributed by atoms with E-state index in [1.165, 1.54) is 6.42 Å². The summed E-state index contributed by atoms with van der Waals surface area (Å²) in [6, 6.07) is 22.2. The van der Waals surface area contributed by atoms with Crippen LogP contribution in [0, 0.1) is 0 Å². The predicted molar refractivity (Wildman–Crippen MR) is 162 cm³/mol. The average molecular weight is 582 g/mol. The molecular formula is C33H38Cl2N2O3. The minimum Gasteiger partial charge on any atom is -0.483 e. The molecule has 40 heavy (non-hydrogen) atoms. The van der Waals surface area contributed by atoms with E-state index in [9.17, 15) is 9.59 Å².